The Hall–Kier alpha value is -3.89. The van der Waals surface area contributed by atoms with Gasteiger partial charge in [0.15, 0.2) is 11.3 Å². The molecule has 0 bridgehead atoms. The Morgan fingerprint density at radius 3 is 2.56 bits per heavy atom. The number of hydrogen-bond acceptors (Lipinski definition) is 5. The maximum Gasteiger partial charge on any atom is 0.433 e. The number of benzene rings is 1. The minimum Gasteiger partial charge on any atom is -0.497 e. The molecule has 0 spiro atoms. The second kappa shape index (κ2) is 8.33. The number of ether oxygens (including phenoxy) is 1. The van der Waals surface area contributed by atoms with Crippen LogP contribution in [0.15, 0.2) is 48.8 Å². The number of alkyl halides is 3. The van der Waals surface area contributed by atoms with Crippen molar-refractivity contribution in [2.75, 3.05) is 7.11 Å². The smallest absolute Gasteiger partial charge is 0.433 e. The van der Waals surface area contributed by atoms with Crippen molar-refractivity contribution in [2.45, 2.75) is 26.2 Å². The summed E-state index contributed by atoms with van der Waals surface area (Å²) in [6, 6.07) is 9.09. The van der Waals surface area contributed by atoms with Gasteiger partial charge in [-0.1, -0.05) is 0 Å². The van der Waals surface area contributed by atoms with E-state index in [-0.39, 0.29) is 23.4 Å². The number of rotatable bonds is 6. The van der Waals surface area contributed by atoms with Crippen LogP contribution in [0, 0.1) is 0 Å². The van der Waals surface area contributed by atoms with Gasteiger partial charge in [-0.15, -0.1) is 0 Å². The van der Waals surface area contributed by atoms with Crippen LogP contribution in [0.1, 0.15) is 28.7 Å². The van der Waals surface area contributed by atoms with E-state index in [1.54, 1.807) is 41.2 Å². The molecule has 0 aliphatic heterocycles. The van der Waals surface area contributed by atoms with Crippen molar-refractivity contribution in [2.24, 2.45) is 0 Å². The van der Waals surface area contributed by atoms with Gasteiger partial charge < -0.3 is 10.1 Å². The van der Waals surface area contributed by atoms with Gasteiger partial charge in [0.05, 0.1) is 31.2 Å². The van der Waals surface area contributed by atoms with E-state index in [1.807, 2.05) is 6.92 Å². The molecule has 166 valence electrons. The molecule has 32 heavy (non-hydrogen) atoms. The summed E-state index contributed by atoms with van der Waals surface area (Å²) in [6.45, 7) is 2.69. The number of carbonyl (C=O) groups is 1. The average molecular weight is 444 g/mol. The van der Waals surface area contributed by atoms with Gasteiger partial charge >= 0.3 is 6.18 Å². The van der Waals surface area contributed by atoms with Crippen LogP contribution in [0.4, 0.5) is 13.2 Å². The van der Waals surface area contributed by atoms with Crippen LogP contribution in [-0.4, -0.2) is 37.4 Å². The summed E-state index contributed by atoms with van der Waals surface area (Å²) in [7, 11) is 1.49. The molecule has 0 atom stereocenters. The number of nitrogens with zero attached hydrogens (tertiary/aromatic N) is 5. The molecule has 0 unspecified atom stereocenters. The first-order valence-electron chi connectivity index (χ1n) is 9.71. The first-order chi connectivity index (χ1) is 15.3. The molecule has 1 N–H and O–H groups in total. The lowest BCUT2D eigenvalue weighted by Crippen LogP contribution is -2.24. The predicted molar refractivity (Wildman–Crippen MR) is 109 cm³/mol. The minimum absolute atomic E-state index is 0.0612. The maximum atomic E-state index is 13.7. The lowest BCUT2D eigenvalue weighted by Gasteiger charge is -2.12. The number of aryl methyl sites for hydroxylation is 1. The van der Waals surface area contributed by atoms with E-state index >= 15 is 0 Å². The number of amides is 1. The van der Waals surface area contributed by atoms with Crippen molar-refractivity contribution in [1.82, 2.24) is 29.7 Å². The quantitative estimate of drug-likeness (QED) is 0.491. The van der Waals surface area contributed by atoms with Crippen molar-refractivity contribution in [3.63, 3.8) is 0 Å². The van der Waals surface area contributed by atoms with Gasteiger partial charge in [0.25, 0.3) is 5.91 Å². The second-order valence-corrected chi connectivity index (χ2v) is 6.87. The van der Waals surface area contributed by atoms with E-state index in [2.05, 4.69) is 20.5 Å². The highest BCUT2D eigenvalue weighted by atomic mass is 19.4. The van der Waals surface area contributed by atoms with Crippen LogP contribution >= 0.6 is 0 Å². The van der Waals surface area contributed by atoms with Gasteiger partial charge in [0.1, 0.15) is 11.3 Å². The number of methoxy groups -OCH3 is 1. The average Bonchev–Trinajstić information content (AvgIpc) is 3.42. The largest absolute Gasteiger partial charge is 0.497 e. The molecular weight excluding hydrogens is 425 g/mol. The highest BCUT2D eigenvalue weighted by Gasteiger charge is 2.36. The van der Waals surface area contributed by atoms with Crippen LogP contribution in [0.25, 0.3) is 16.9 Å². The highest BCUT2D eigenvalue weighted by Crippen LogP contribution is 2.33. The number of aromatic nitrogens is 5. The maximum absolute atomic E-state index is 13.7. The van der Waals surface area contributed by atoms with Crippen LogP contribution in [0.2, 0.25) is 0 Å². The SMILES string of the molecule is CCn1nccc1CNC(=O)c1cnn2c(C(F)(F)F)cc(-c3ccc(OC)cc3)nc12. The molecule has 0 aliphatic carbocycles. The van der Waals surface area contributed by atoms with Gasteiger partial charge in [0.2, 0.25) is 0 Å². The number of hydrogen-bond donors (Lipinski definition) is 1. The lowest BCUT2D eigenvalue weighted by atomic mass is 10.1. The zero-order valence-electron chi connectivity index (χ0n) is 17.2. The van der Waals surface area contributed by atoms with Crippen molar-refractivity contribution >= 4 is 11.6 Å². The van der Waals surface area contributed by atoms with E-state index in [0.29, 0.717) is 22.4 Å². The Balaban J connectivity index is 1.74. The van der Waals surface area contributed by atoms with Crippen molar-refractivity contribution in [3.05, 3.63) is 65.7 Å². The number of nitrogens with one attached hydrogen (secondary N) is 1. The third-order valence-corrected chi connectivity index (χ3v) is 4.93. The Morgan fingerprint density at radius 1 is 1.16 bits per heavy atom. The summed E-state index contributed by atoms with van der Waals surface area (Å²) in [5.41, 5.74) is -0.0125. The van der Waals surface area contributed by atoms with Crippen molar-refractivity contribution in [3.8, 4) is 17.0 Å². The first-order valence-corrected chi connectivity index (χ1v) is 9.71. The van der Waals surface area contributed by atoms with Crippen LogP contribution in [-0.2, 0) is 19.3 Å². The first kappa shape index (κ1) is 21.3. The Kier molecular flexibility index (Phi) is 5.56. The topological polar surface area (TPSA) is 86.3 Å². The monoisotopic (exact) mass is 444 g/mol. The molecular formula is C21H19F3N6O2. The van der Waals surface area contributed by atoms with E-state index in [0.717, 1.165) is 18.0 Å². The molecule has 0 radical (unpaired) electrons. The molecule has 11 heteroatoms. The van der Waals surface area contributed by atoms with Crippen LogP contribution in [0.5, 0.6) is 5.75 Å². The normalized spacial score (nSPS) is 11.7. The number of carbonyl (C=O) groups excluding carboxylic acids is 1. The zero-order chi connectivity index (χ0) is 22.9. The molecule has 0 saturated carbocycles. The summed E-state index contributed by atoms with van der Waals surface area (Å²) in [4.78, 5) is 17.1. The molecule has 3 aromatic heterocycles. The molecule has 0 fully saturated rings. The Morgan fingerprint density at radius 2 is 1.91 bits per heavy atom. The fourth-order valence-corrected chi connectivity index (χ4v) is 3.30. The predicted octanol–water partition coefficient (Wildman–Crippen LogP) is 3.57. The molecule has 0 saturated heterocycles. The standard InChI is InChI=1S/C21H19F3N6O2/c1-3-29-14(8-9-26-29)11-25-20(31)16-12-27-30-18(21(22,23)24)10-17(28-19(16)30)13-4-6-15(32-2)7-5-13/h4-10,12H,3,11H2,1-2H3,(H,25,31). The van der Waals surface area contributed by atoms with Gasteiger partial charge in [-0.2, -0.15) is 23.4 Å². The summed E-state index contributed by atoms with van der Waals surface area (Å²) >= 11 is 0. The minimum atomic E-state index is -4.70. The summed E-state index contributed by atoms with van der Waals surface area (Å²) in [6.07, 6.45) is -2.00. The van der Waals surface area contributed by atoms with E-state index in [4.69, 9.17) is 4.74 Å². The van der Waals surface area contributed by atoms with Gasteiger partial charge in [-0.05, 0) is 43.3 Å². The molecule has 4 rings (SSSR count). The fraction of sp³-hybridized carbons (Fsp3) is 0.238. The molecule has 3 heterocycles. The molecule has 1 aromatic carbocycles. The summed E-state index contributed by atoms with van der Waals surface area (Å²) in [5.74, 6) is -0.0297. The van der Waals surface area contributed by atoms with Gasteiger partial charge in [-0.3, -0.25) is 9.48 Å². The third kappa shape index (κ3) is 4.01. The van der Waals surface area contributed by atoms with Gasteiger partial charge in [-0.25, -0.2) is 9.50 Å². The number of halogens is 3. The summed E-state index contributed by atoms with van der Waals surface area (Å²) in [5, 5.41) is 10.6. The lowest BCUT2D eigenvalue weighted by molar-refractivity contribution is -0.142. The van der Waals surface area contributed by atoms with E-state index in [9.17, 15) is 18.0 Å². The Bertz CT molecular complexity index is 1260. The van der Waals surface area contributed by atoms with Gasteiger partial charge in [0, 0.05) is 18.3 Å². The van der Waals surface area contributed by atoms with Crippen molar-refractivity contribution < 1.29 is 22.7 Å². The van der Waals surface area contributed by atoms with E-state index < -0.39 is 17.8 Å². The van der Waals surface area contributed by atoms with Crippen LogP contribution in [0.3, 0.4) is 0 Å². The van der Waals surface area contributed by atoms with E-state index in [1.165, 1.54) is 7.11 Å². The number of fused-ring (bicyclic) bond motifs is 1. The van der Waals surface area contributed by atoms with Crippen molar-refractivity contribution in [1.29, 1.82) is 0 Å². The summed E-state index contributed by atoms with van der Waals surface area (Å²) < 4.78 is 48.7. The second-order valence-electron chi connectivity index (χ2n) is 6.87. The van der Waals surface area contributed by atoms with Crippen LogP contribution < -0.4 is 10.1 Å². The molecule has 8 nitrogen and oxygen atoms in total. The Labute approximate surface area is 180 Å². The highest BCUT2D eigenvalue weighted by molar-refractivity contribution is 5.99. The molecule has 1 amide bonds. The molecule has 4 aromatic rings. The third-order valence-electron chi connectivity index (χ3n) is 4.93. The fourth-order valence-electron chi connectivity index (χ4n) is 3.30. The molecule has 0 aliphatic rings. The zero-order valence-corrected chi connectivity index (χ0v) is 17.2.